The van der Waals surface area contributed by atoms with E-state index in [1.807, 2.05) is 41.5 Å². The predicted octanol–water partition coefficient (Wildman–Crippen LogP) is 4.40. The fourth-order valence-corrected chi connectivity index (χ4v) is 3.17. The van der Waals surface area contributed by atoms with Crippen molar-refractivity contribution in [2.24, 2.45) is 0 Å². The third-order valence-electron chi connectivity index (χ3n) is 5.04. The first kappa shape index (κ1) is 36.4. The summed E-state index contributed by atoms with van der Waals surface area (Å²) < 4.78 is 8.19. The third kappa shape index (κ3) is 12.0. The van der Waals surface area contributed by atoms with E-state index >= 15 is 0 Å². The van der Waals surface area contributed by atoms with Crippen LogP contribution in [0.3, 0.4) is 0 Å². The maximum atomic E-state index is 11.5. The molecule has 41 heavy (non-hydrogen) atoms. The van der Waals surface area contributed by atoms with E-state index in [1.165, 1.54) is 24.3 Å². The lowest BCUT2D eigenvalue weighted by Crippen LogP contribution is -2.26. The van der Waals surface area contributed by atoms with Crippen LogP contribution in [0.15, 0.2) is 36.4 Å². The van der Waals surface area contributed by atoms with Gasteiger partial charge in [-0.3, -0.25) is 29.8 Å². The number of nitrogens with two attached hydrogens (primary N) is 1. The van der Waals surface area contributed by atoms with Crippen LogP contribution < -0.4 is 11.1 Å². The number of non-ortho nitro benzene ring substituents is 2. The molecule has 0 saturated heterocycles. The fourth-order valence-electron chi connectivity index (χ4n) is 3.10. The number of methoxy groups -OCH3 is 2. The zero-order valence-corrected chi connectivity index (χ0v) is 24.7. The van der Waals surface area contributed by atoms with Gasteiger partial charge in [0.2, 0.25) is 0 Å². The number of esters is 2. The molecule has 0 saturated carbocycles. The van der Waals surface area contributed by atoms with Gasteiger partial charge >= 0.3 is 23.1 Å². The first-order chi connectivity index (χ1) is 18.7. The third-order valence-corrected chi connectivity index (χ3v) is 5.20. The van der Waals surface area contributed by atoms with Crippen molar-refractivity contribution in [1.29, 1.82) is 0 Å². The van der Waals surface area contributed by atoms with Gasteiger partial charge in [0.25, 0.3) is 11.4 Å². The van der Waals surface area contributed by atoms with Gasteiger partial charge in [0.1, 0.15) is 0 Å². The summed E-state index contributed by atoms with van der Waals surface area (Å²) >= 11 is 4.61. The Hall–Kier alpha value is -4.59. The number of carbonyl (C=O) groups excluding carboxylic acids is 4. The molecule has 0 aliphatic rings. The Labute approximate surface area is 241 Å². The van der Waals surface area contributed by atoms with Crippen LogP contribution in [0.25, 0.3) is 0 Å². The summed E-state index contributed by atoms with van der Waals surface area (Å²) in [4.78, 5) is 62.4. The SMILES string of the molecule is CC(C)(C)c1ccc([N+](=O)[O-])cc1N.COC(=O)C(=O)Cl.COC(=O)C(=O)Nc1cc([N+](=O)[O-])ccc1C(C)(C)C. The Kier molecular flexibility index (Phi) is 13.6. The van der Waals surface area contributed by atoms with Crippen LogP contribution in [0.5, 0.6) is 0 Å². The maximum Gasteiger partial charge on any atom is 0.396 e. The van der Waals surface area contributed by atoms with Crippen LogP contribution >= 0.6 is 11.6 Å². The summed E-state index contributed by atoms with van der Waals surface area (Å²) in [6.45, 7) is 11.7. The van der Waals surface area contributed by atoms with E-state index in [0.29, 0.717) is 11.3 Å². The highest BCUT2D eigenvalue weighted by Gasteiger charge is 2.24. The molecular formula is C26H33ClN4O10. The van der Waals surface area contributed by atoms with Gasteiger partial charge in [-0.2, -0.15) is 0 Å². The van der Waals surface area contributed by atoms with Gasteiger partial charge in [-0.15, -0.1) is 0 Å². The molecular weight excluding hydrogens is 564 g/mol. The number of hydrogen-bond donors (Lipinski definition) is 2. The van der Waals surface area contributed by atoms with Crippen LogP contribution in [-0.2, 0) is 39.5 Å². The van der Waals surface area contributed by atoms with E-state index in [1.54, 1.807) is 12.1 Å². The van der Waals surface area contributed by atoms with Gasteiger partial charge in [-0.05, 0) is 45.7 Å². The number of nitrogen functional groups attached to an aromatic ring is 1. The second-order valence-electron chi connectivity index (χ2n) is 10.2. The molecule has 15 heteroatoms. The number of benzene rings is 2. The quantitative estimate of drug-likeness (QED) is 0.126. The molecule has 0 aliphatic heterocycles. The van der Waals surface area contributed by atoms with Gasteiger partial charge in [0.05, 0.1) is 29.8 Å². The summed E-state index contributed by atoms with van der Waals surface area (Å²) in [5.41, 5.74) is 7.49. The van der Waals surface area contributed by atoms with Crippen molar-refractivity contribution in [3.63, 3.8) is 0 Å². The minimum atomic E-state index is -1.09. The number of rotatable bonds is 4. The highest BCUT2D eigenvalue weighted by atomic mass is 35.5. The second-order valence-corrected chi connectivity index (χ2v) is 10.6. The van der Waals surface area contributed by atoms with Crippen molar-refractivity contribution in [3.8, 4) is 0 Å². The molecule has 0 atom stereocenters. The van der Waals surface area contributed by atoms with Crippen LogP contribution in [0.2, 0.25) is 0 Å². The van der Waals surface area contributed by atoms with Crippen LogP contribution in [0, 0.1) is 20.2 Å². The Morgan fingerprint density at radius 1 is 0.780 bits per heavy atom. The highest BCUT2D eigenvalue weighted by Crippen LogP contribution is 2.32. The Balaban J connectivity index is 0.000000659. The molecule has 0 radical (unpaired) electrons. The molecule has 0 spiro atoms. The van der Waals surface area contributed by atoms with Crippen LogP contribution in [0.4, 0.5) is 22.7 Å². The van der Waals surface area contributed by atoms with Gasteiger partial charge < -0.3 is 20.5 Å². The average molecular weight is 597 g/mol. The Bertz CT molecular complexity index is 1310. The maximum absolute atomic E-state index is 11.5. The number of ether oxygens (including phenoxy) is 2. The number of nitrogens with zero attached hydrogens (tertiary/aromatic N) is 2. The molecule has 0 unspecified atom stereocenters. The number of nitro benzene ring substituents is 2. The largest absolute Gasteiger partial charge is 0.462 e. The molecule has 1 amide bonds. The Morgan fingerprint density at radius 2 is 1.20 bits per heavy atom. The van der Waals surface area contributed by atoms with E-state index in [9.17, 15) is 39.4 Å². The number of anilines is 2. The van der Waals surface area contributed by atoms with Crippen LogP contribution in [-0.4, -0.2) is 47.2 Å². The summed E-state index contributed by atoms with van der Waals surface area (Å²) in [6.07, 6.45) is 0. The minimum absolute atomic E-state index is 0.0375. The monoisotopic (exact) mass is 596 g/mol. The number of halogens is 1. The summed E-state index contributed by atoms with van der Waals surface area (Å²) in [5, 5.41) is 22.5. The molecule has 14 nitrogen and oxygen atoms in total. The normalized spacial score (nSPS) is 10.5. The van der Waals surface area contributed by atoms with Gasteiger partial charge in [0, 0.05) is 30.0 Å². The van der Waals surface area contributed by atoms with Crippen molar-refractivity contribution >= 4 is 57.4 Å². The van der Waals surface area contributed by atoms with E-state index in [4.69, 9.17) is 5.73 Å². The van der Waals surface area contributed by atoms with Crippen molar-refractivity contribution in [2.75, 3.05) is 25.3 Å². The minimum Gasteiger partial charge on any atom is -0.462 e. The average Bonchev–Trinajstić information content (AvgIpc) is 2.86. The van der Waals surface area contributed by atoms with E-state index in [-0.39, 0.29) is 27.9 Å². The van der Waals surface area contributed by atoms with Crippen molar-refractivity contribution in [3.05, 3.63) is 67.8 Å². The molecule has 0 bridgehead atoms. The summed E-state index contributed by atoms with van der Waals surface area (Å²) in [5.74, 6) is -3.06. The first-order valence-electron chi connectivity index (χ1n) is 11.7. The zero-order valence-electron chi connectivity index (χ0n) is 23.9. The molecule has 2 aromatic carbocycles. The fraction of sp³-hybridized carbons (Fsp3) is 0.385. The van der Waals surface area contributed by atoms with Gasteiger partial charge in [-0.25, -0.2) is 9.59 Å². The first-order valence-corrected chi connectivity index (χ1v) is 12.1. The number of carbonyl (C=O) groups is 4. The van der Waals surface area contributed by atoms with Crippen molar-refractivity contribution < 1.29 is 38.5 Å². The molecule has 0 heterocycles. The topological polar surface area (TPSA) is 211 Å². The standard InChI is InChI=1S/C13H16N2O5.C10H14N2O2.C3H3ClO3/c1-13(2,3)9-6-5-8(15(18)19)7-10(9)14-11(16)12(17)20-4;1-10(2,3)8-5-4-7(12(13)14)6-9(8)11;1-7-3(6)2(4)5/h5-7H,1-4H3,(H,14,16);4-6H,11H2,1-3H3;1H3. The van der Waals surface area contributed by atoms with Crippen LogP contribution in [0.1, 0.15) is 52.7 Å². The smallest absolute Gasteiger partial charge is 0.396 e. The molecule has 0 aliphatic carbocycles. The van der Waals surface area contributed by atoms with E-state index in [0.717, 1.165) is 19.8 Å². The number of nitrogens with one attached hydrogen (secondary N) is 1. The van der Waals surface area contributed by atoms with Crippen molar-refractivity contribution in [1.82, 2.24) is 0 Å². The van der Waals surface area contributed by atoms with Gasteiger partial charge in [0.15, 0.2) is 0 Å². The number of nitro groups is 2. The molecule has 2 rings (SSSR count). The van der Waals surface area contributed by atoms with Gasteiger partial charge in [-0.1, -0.05) is 41.5 Å². The number of amides is 1. The van der Waals surface area contributed by atoms with Crippen molar-refractivity contribution in [2.45, 2.75) is 52.4 Å². The summed E-state index contributed by atoms with van der Waals surface area (Å²) in [7, 11) is 2.17. The second kappa shape index (κ2) is 15.3. The molecule has 224 valence electrons. The lowest BCUT2D eigenvalue weighted by molar-refractivity contribution is -0.385. The molecule has 0 aromatic heterocycles. The lowest BCUT2D eigenvalue weighted by Gasteiger charge is -2.22. The molecule has 2 aromatic rings. The van der Waals surface area contributed by atoms with E-state index < -0.39 is 32.9 Å². The molecule has 0 fully saturated rings. The molecule has 3 N–H and O–H groups in total. The lowest BCUT2D eigenvalue weighted by atomic mass is 9.85. The predicted molar refractivity (Wildman–Crippen MR) is 152 cm³/mol. The zero-order chi connectivity index (χ0) is 32.3. The number of hydrogen-bond acceptors (Lipinski definition) is 11. The Morgan fingerprint density at radius 3 is 1.51 bits per heavy atom. The van der Waals surface area contributed by atoms with E-state index in [2.05, 4.69) is 26.4 Å². The summed E-state index contributed by atoms with van der Waals surface area (Å²) in [6, 6.07) is 8.74. The highest BCUT2D eigenvalue weighted by molar-refractivity contribution is 6.80.